The third-order valence-electron chi connectivity index (χ3n) is 3.47. The van der Waals surface area contributed by atoms with Crippen molar-refractivity contribution < 1.29 is 18.3 Å². The van der Waals surface area contributed by atoms with Gasteiger partial charge in [-0.15, -0.1) is 0 Å². The maximum absolute atomic E-state index is 13.8. The van der Waals surface area contributed by atoms with Gasteiger partial charge < -0.3 is 4.74 Å². The van der Waals surface area contributed by atoms with Gasteiger partial charge in [0.2, 0.25) is 0 Å². The van der Waals surface area contributed by atoms with Gasteiger partial charge in [-0.2, -0.15) is 8.78 Å². The van der Waals surface area contributed by atoms with Crippen LogP contribution in [0.3, 0.4) is 0 Å². The second-order valence-corrected chi connectivity index (χ2v) is 4.91. The summed E-state index contributed by atoms with van der Waals surface area (Å²) in [7, 11) is 0. The number of carbonyl (C=O) groups is 1. The fourth-order valence-electron chi connectivity index (χ4n) is 2.04. The quantitative estimate of drug-likeness (QED) is 0.602. The Labute approximate surface area is 117 Å². The average Bonchev–Trinajstić information content (AvgIpc) is 2.38. The number of esters is 1. The smallest absolute Gasteiger partial charge is 0.381 e. The summed E-state index contributed by atoms with van der Waals surface area (Å²) >= 11 is 0. The van der Waals surface area contributed by atoms with Crippen LogP contribution in [0.15, 0.2) is 35.9 Å². The van der Waals surface area contributed by atoms with E-state index in [0.29, 0.717) is 0 Å². The number of ether oxygens (including phenoxy) is 1. The molecule has 2 nitrogen and oxygen atoms in total. The standard InChI is InChI=1S/C16H18F2O2/c1-2-20-15(19)16(17,18)14-10-8-13(9-11-14)7-6-12-4-3-5-12/h6,8-11H,2-5,7H2,1H3. The van der Waals surface area contributed by atoms with Crippen LogP contribution in [0.5, 0.6) is 0 Å². The maximum atomic E-state index is 13.8. The van der Waals surface area contributed by atoms with E-state index in [4.69, 9.17) is 0 Å². The Kier molecular flexibility index (Phi) is 4.53. The van der Waals surface area contributed by atoms with E-state index in [1.165, 1.54) is 31.1 Å². The van der Waals surface area contributed by atoms with Gasteiger partial charge in [-0.3, -0.25) is 0 Å². The Balaban J connectivity index is 2.04. The van der Waals surface area contributed by atoms with E-state index in [2.05, 4.69) is 10.8 Å². The van der Waals surface area contributed by atoms with Crippen molar-refractivity contribution in [1.29, 1.82) is 0 Å². The highest BCUT2D eigenvalue weighted by Crippen LogP contribution is 2.30. The van der Waals surface area contributed by atoms with Gasteiger partial charge >= 0.3 is 11.9 Å². The summed E-state index contributed by atoms with van der Waals surface area (Å²) in [5, 5.41) is 0. The SMILES string of the molecule is CCOC(=O)C(F)(F)c1ccc(CC=C2CCC2)cc1. The van der Waals surface area contributed by atoms with Crippen LogP contribution in [-0.4, -0.2) is 12.6 Å². The molecule has 0 saturated heterocycles. The first-order chi connectivity index (χ1) is 9.54. The lowest BCUT2D eigenvalue weighted by atomic mass is 9.91. The lowest BCUT2D eigenvalue weighted by Gasteiger charge is -2.16. The minimum atomic E-state index is -3.58. The van der Waals surface area contributed by atoms with Crippen LogP contribution >= 0.6 is 0 Å². The minimum absolute atomic E-state index is 0.0555. The van der Waals surface area contributed by atoms with Crippen molar-refractivity contribution in [3.63, 3.8) is 0 Å². The highest BCUT2D eigenvalue weighted by Gasteiger charge is 2.42. The summed E-state index contributed by atoms with van der Waals surface area (Å²) in [6.45, 7) is 1.45. The zero-order valence-electron chi connectivity index (χ0n) is 11.5. The molecule has 108 valence electrons. The molecule has 0 radical (unpaired) electrons. The summed E-state index contributed by atoms with van der Waals surface area (Å²) in [4.78, 5) is 11.2. The Hall–Kier alpha value is -1.71. The zero-order valence-corrected chi connectivity index (χ0v) is 11.5. The van der Waals surface area contributed by atoms with Gasteiger partial charge in [0, 0.05) is 5.56 Å². The van der Waals surface area contributed by atoms with Gasteiger partial charge in [0.1, 0.15) is 0 Å². The highest BCUT2D eigenvalue weighted by molar-refractivity contribution is 5.79. The molecule has 1 aromatic rings. The number of benzene rings is 1. The van der Waals surface area contributed by atoms with Crippen molar-refractivity contribution in [3.05, 3.63) is 47.0 Å². The predicted molar refractivity (Wildman–Crippen MR) is 72.6 cm³/mol. The van der Waals surface area contributed by atoms with Crippen LogP contribution in [0.25, 0.3) is 0 Å². The number of allylic oxidation sites excluding steroid dienone is 2. The third-order valence-corrected chi connectivity index (χ3v) is 3.47. The molecule has 1 saturated carbocycles. The fraction of sp³-hybridized carbons (Fsp3) is 0.438. The molecule has 2 rings (SSSR count). The van der Waals surface area contributed by atoms with Crippen LogP contribution in [0.2, 0.25) is 0 Å². The van der Waals surface area contributed by atoms with E-state index in [-0.39, 0.29) is 12.2 Å². The molecular weight excluding hydrogens is 262 g/mol. The largest absolute Gasteiger partial charge is 0.461 e. The van der Waals surface area contributed by atoms with E-state index in [0.717, 1.165) is 24.8 Å². The Bertz CT molecular complexity index is 498. The van der Waals surface area contributed by atoms with Crippen LogP contribution < -0.4 is 0 Å². The number of alkyl halides is 2. The van der Waals surface area contributed by atoms with Gasteiger partial charge in [-0.05, 0) is 38.2 Å². The molecule has 0 spiro atoms. The summed E-state index contributed by atoms with van der Waals surface area (Å²) in [5.41, 5.74) is 2.08. The van der Waals surface area contributed by atoms with E-state index in [1.54, 1.807) is 12.1 Å². The van der Waals surface area contributed by atoms with Crippen molar-refractivity contribution in [3.8, 4) is 0 Å². The molecule has 4 heteroatoms. The van der Waals surface area contributed by atoms with Crippen molar-refractivity contribution in [2.24, 2.45) is 0 Å². The molecule has 0 amide bonds. The second-order valence-electron chi connectivity index (χ2n) is 4.91. The molecule has 0 aromatic heterocycles. The predicted octanol–water partition coefficient (Wildman–Crippen LogP) is 3.99. The van der Waals surface area contributed by atoms with Crippen molar-refractivity contribution in [1.82, 2.24) is 0 Å². The number of hydrogen-bond acceptors (Lipinski definition) is 2. The number of halogens is 2. The molecule has 0 N–H and O–H groups in total. The van der Waals surface area contributed by atoms with E-state index in [1.807, 2.05) is 0 Å². The third kappa shape index (κ3) is 3.24. The maximum Gasteiger partial charge on any atom is 0.381 e. The first-order valence-electron chi connectivity index (χ1n) is 6.86. The molecule has 1 fully saturated rings. The van der Waals surface area contributed by atoms with Gasteiger partial charge in [0.15, 0.2) is 0 Å². The molecule has 0 atom stereocenters. The Morgan fingerprint density at radius 2 is 1.95 bits per heavy atom. The second kappa shape index (κ2) is 6.16. The van der Waals surface area contributed by atoms with Crippen molar-refractivity contribution in [2.45, 2.75) is 38.5 Å². The summed E-state index contributed by atoms with van der Waals surface area (Å²) in [5.74, 6) is -5.08. The fourth-order valence-corrected chi connectivity index (χ4v) is 2.04. The molecule has 0 unspecified atom stereocenters. The van der Waals surface area contributed by atoms with Crippen LogP contribution in [0.4, 0.5) is 8.78 Å². The number of rotatable bonds is 5. The number of carbonyl (C=O) groups excluding carboxylic acids is 1. The molecule has 0 aliphatic heterocycles. The molecular formula is C16H18F2O2. The lowest BCUT2D eigenvalue weighted by Crippen LogP contribution is -2.28. The van der Waals surface area contributed by atoms with E-state index >= 15 is 0 Å². The zero-order chi connectivity index (χ0) is 14.6. The van der Waals surface area contributed by atoms with E-state index in [9.17, 15) is 13.6 Å². The number of hydrogen-bond donors (Lipinski definition) is 0. The normalized spacial score (nSPS) is 14.7. The highest BCUT2D eigenvalue weighted by atomic mass is 19.3. The van der Waals surface area contributed by atoms with Gasteiger partial charge in [-0.25, -0.2) is 4.79 Å². The van der Waals surface area contributed by atoms with Gasteiger partial charge in [0.25, 0.3) is 0 Å². The van der Waals surface area contributed by atoms with Gasteiger partial charge in [-0.1, -0.05) is 35.9 Å². The first-order valence-corrected chi connectivity index (χ1v) is 6.86. The first kappa shape index (κ1) is 14.7. The molecule has 1 aromatic carbocycles. The summed E-state index contributed by atoms with van der Waals surface area (Å²) in [6.07, 6.45) is 6.46. The van der Waals surface area contributed by atoms with E-state index < -0.39 is 11.9 Å². The minimum Gasteiger partial charge on any atom is -0.461 e. The molecule has 0 heterocycles. The Morgan fingerprint density at radius 3 is 2.45 bits per heavy atom. The Morgan fingerprint density at radius 1 is 1.30 bits per heavy atom. The molecule has 0 bridgehead atoms. The van der Waals surface area contributed by atoms with Crippen molar-refractivity contribution >= 4 is 5.97 Å². The van der Waals surface area contributed by atoms with Gasteiger partial charge in [0.05, 0.1) is 6.61 Å². The average molecular weight is 280 g/mol. The molecule has 1 aliphatic rings. The lowest BCUT2D eigenvalue weighted by molar-refractivity contribution is -0.173. The van der Waals surface area contributed by atoms with Crippen LogP contribution in [0.1, 0.15) is 37.3 Å². The topological polar surface area (TPSA) is 26.3 Å². The molecule has 1 aliphatic carbocycles. The van der Waals surface area contributed by atoms with Crippen molar-refractivity contribution in [2.75, 3.05) is 6.61 Å². The molecule has 20 heavy (non-hydrogen) atoms. The monoisotopic (exact) mass is 280 g/mol. The summed E-state index contributed by atoms with van der Waals surface area (Å²) in [6, 6.07) is 5.87. The summed E-state index contributed by atoms with van der Waals surface area (Å²) < 4.78 is 31.9. The van der Waals surface area contributed by atoms with Crippen LogP contribution in [-0.2, 0) is 21.9 Å². The van der Waals surface area contributed by atoms with Crippen LogP contribution in [0, 0.1) is 0 Å².